The van der Waals surface area contributed by atoms with E-state index in [0.717, 1.165) is 12.1 Å². The molecule has 0 aromatic heterocycles. The van der Waals surface area contributed by atoms with Gasteiger partial charge < -0.3 is 15.3 Å². The van der Waals surface area contributed by atoms with E-state index >= 15 is 0 Å². The second-order valence-corrected chi connectivity index (χ2v) is 4.60. The van der Waals surface area contributed by atoms with E-state index < -0.39 is 29.7 Å². The normalized spacial score (nSPS) is 18.1. The Morgan fingerprint density at radius 2 is 2.10 bits per heavy atom. The molecule has 1 aromatic rings. The summed E-state index contributed by atoms with van der Waals surface area (Å²) in [6.45, 7) is 0.388. The first kappa shape index (κ1) is 14.2. The molecule has 2 N–H and O–H groups in total. The van der Waals surface area contributed by atoms with E-state index in [4.69, 9.17) is 5.11 Å². The molecule has 2 rings (SSSR count). The summed E-state index contributed by atoms with van der Waals surface area (Å²) in [5.41, 5.74) is 0.406. The largest absolute Gasteiger partial charge is 0.480 e. The zero-order chi connectivity index (χ0) is 14.7. The number of aliphatic carboxylic acids is 1. The minimum Gasteiger partial charge on any atom is -0.480 e. The van der Waals surface area contributed by atoms with Crippen LogP contribution in [-0.2, 0) is 11.3 Å². The fourth-order valence-electron chi connectivity index (χ4n) is 2.20. The molecule has 0 saturated carbocycles. The number of carboxylic acids is 1. The third kappa shape index (κ3) is 3.04. The highest BCUT2D eigenvalue weighted by Gasteiger charge is 2.33. The third-order valence-electron chi connectivity index (χ3n) is 3.23. The van der Waals surface area contributed by atoms with Crippen molar-refractivity contribution < 1.29 is 23.5 Å². The third-order valence-corrected chi connectivity index (χ3v) is 3.23. The van der Waals surface area contributed by atoms with Crippen LogP contribution in [-0.4, -0.2) is 34.6 Å². The van der Waals surface area contributed by atoms with Crippen molar-refractivity contribution in [3.05, 3.63) is 35.4 Å². The summed E-state index contributed by atoms with van der Waals surface area (Å²) in [4.78, 5) is 24.1. The number of benzene rings is 1. The van der Waals surface area contributed by atoms with Gasteiger partial charge in [0, 0.05) is 13.1 Å². The molecule has 1 atom stereocenters. The molecule has 0 bridgehead atoms. The van der Waals surface area contributed by atoms with Crippen molar-refractivity contribution in [2.45, 2.75) is 25.4 Å². The fourth-order valence-corrected chi connectivity index (χ4v) is 2.20. The van der Waals surface area contributed by atoms with Gasteiger partial charge in [0.2, 0.25) is 0 Å². The number of urea groups is 1. The summed E-state index contributed by atoms with van der Waals surface area (Å²) in [6.07, 6.45) is 1.06. The number of carbonyl (C=O) groups is 2. The summed E-state index contributed by atoms with van der Waals surface area (Å²) >= 11 is 0. The van der Waals surface area contributed by atoms with Crippen molar-refractivity contribution in [3.63, 3.8) is 0 Å². The number of likely N-dealkylation sites (tertiary alicyclic amines) is 1. The second-order valence-electron chi connectivity index (χ2n) is 4.60. The molecular weight excluding hydrogens is 270 g/mol. The SMILES string of the molecule is O=C(O)C1CCCN1C(=O)NCc1ccc(F)c(F)c1. The molecule has 1 unspecified atom stereocenters. The Kier molecular flexibility index (Phi) is 4.16. The van der Waals surface area contributed by atoms with Crippen molar-refractivity contribution in [1.29, 1.82) is 0 Å². The number of carboxylic acid groups (broad SMARTS) is 1. The van der Waals surface area contributed by atoms with Crippen LogP contribution in [0.4, 0.5) is 13.6 Å². The molecule has 7 heteroatoms. The first-order valence-electron chi connectivity index (χ1n) is 6.20. The van der Waals surface area contributed by atoms with Gasteiger partial charge in [-0.25, -0.2) is 18.4 Å². The number of carbonyl (C=O) groups excluding carboxylic acids is 1. The van der Waals surface area contributed by atoms with Crippen LogP contribution < -0.4 is 5.32 Å². The maximum Gasteiger partial charge on any atom is 0.326 e. The second kappa shape index (κ2) is 5.85. The minimum absolute atomic E-state index is 0.0128. The van der Waals surface area contributed by atoms with E-state index in [2.05, 4.69) is 5.32 Å². The van der Waals surface area contributed by atoms with Crippen LogP contribution in [0.5, 0.6) is 0 Å². The number of rotatable bonds is 3. The summed E-state index contributed by atoms with van der Waals surface area (Å²) < 4.78 is 25.7. The van der Waals surface area contributed by atoms with E-state index in [0.29, 0.717) is 24.9 Å². The number of amides is 2. The molecule has 1 aliphatic heterocycles. The molecule has 1 aliphatic rings. The Bertz CT molecular complexity index is 536. The Morgan fingerprint density at radius 3 is 2.75 bits per heavy atom. The zero-order valence-corrected chi connectivity index (χ0v) is 10.6. The van der Waals surface area contributed by atoms with Crippen molar-refractivity contribution in [3.8, 4) is 0 Å². The molecule has 0 aliphatic carbocycles. The predicted octanol–water partition coefficient (Wildman–Crippen LogP) is 1.72. The molecule has 0 spiro atoms. The van der Waals surface area contributed by atoms with Crippen LogP contribution in [0.2, 0.25) is 0 Å². The highest BCUT2D eigenvalue weighted by atomic mass is 19.2. The fraction of sp³-hybridized carbons (Fsp3) is 0.385. The first-order valence-corrected chi connectivity index (χ1v) is 6.20. The zero-order valence-electron chi connectivity index (χ0n) is 10.6. The topological polar surface area (TPSA) is 69.6 Å². The van der Waals surface area contributed by atoms with Crippen LogP contribution in [0.25, 0.3) is 0 Å². The van der Waals surface area contributed by atoms with Crippen LogP contribution in [0.15, 0.2) is 18.2 Å². The number of nitrogens with one attached hydrogen (secondary N) is 1. The van der Waals surface area contributed by atoms with E-state index in [1.54, 1.807) is 0 Å². The predicted molar refractivity (Wildman–Crippen MR) is 66.0 cm³/mol. The van der Waals surface area contributed by atoms with Gasteiger partial charge in [0.1, 0.15) is 6.04 Å². The molecule has 0 radical (unpaired) electrons. The summed E-state index contributed by atoms with van der Waals surface area (Å²) in [7, 11) is 0. The molecule has 5 nitrogen and oxygen atoms in total. The summed E-state index contributed by atoms with van der Waals surface area (Å²) in [6, 6.07) is 2.00. The van der Waals surface area contributed by atoms with Crippen molar-refractivity contribution in [2.24, 2.45) is 0 Å². The van der Waals surface area contributed by atoms with Crippen molar-refractivity contribution in [1.82, 2.24) is 10.2 Å². The summed E-state index contributed by atoms with van der Waals surface area (Å²) in [5, 5.41) is 11.5. The maximum absolute atomic E-state index is 13.0. The van der Waals surface area contributed by atoms with E-state index in [9.17, 15) is 18.4 Å². The van der Waals surface area contributed by atoms with Gasteiger partial charge in [-0.15, -0.1) is 0 Å². The van der Waals surface area contributed by atoms with E-state index in [1.807, 2.05) is 0 Å². The number of hydrogen-bond acceptors (Lipinski definition) is 2. The average Bonchev–Trinajstić information content (AvgIpc) is 2.89. The Balaban J connectivity index is 1.94. The Hall–Kier alpha value is -2.18. The van der Waals surface area contributed by atoms with E-state index in [-0.39, 0.29) is 6.54 Å². The summed E-state index contributed by atoms with van der Waals surface area (Å²) in [5.74, 6) is -2.97. The highest BCUT2D eigenvalue weighted by Crippen LogP contribution is 2.17. The number of halogens is 2. The molecule has 108 valence electrons. The smallest absolute Gasteiger partial charge is 0.326 e. The molecular formula is C13H14F2N2O3. The quantitative estimate of drug-likeness (QED) is 0.888. The minimum atomic E-state index is -1.04. The lowest BCUT2D eigenvalue weighted by Gasteiger charge is -2.21. The van der Waals surface area contributed by atoms with Gasteiger partial charge in [0.05, 0.1) is 0 Å². The monoisotopic (exact) mass is 284 g/mol. The lowest BCUT2D eigenvalue weighted by atomic mass is 10.2. The van der Waals surface area contributed by atoms with Crippen LogP contribution in [0.3, 0.4) is 0 Å². The van der Waals surface area contributed by atoms with Gasteiger partial charge in [0.25, 0.3) is 0 Å². The van der Waals surface area contributed by atoms with E-state index in [1.165, 1.54) is 11.0 Å². The molecule has 1 fully saturated rings. The molecule has 1 saturated heterocycles. The lowest BCUT2D eigenvalue weighted by Crippen LogP contribution is -2.45. The van der Waals surface area contributed by atoms with Gasteiger partial charge in [0.15, 0.2) is 11.6 Å². The Labute approximate surface area is 114 Å². The van der Waals surface area contributed by atoms with Crippen LogP contribution >= 0.6 is 0 Å². The molecule has 20 heavy (non-hydrogen) atoms. The van der Waals surface area contributed by atoms with Gasteiger partial charge in [-0.05, 0) is 30.5 Å². The number of nitrogens with zero attached hydrogens (tertiary/aromatic N) is 1. The van der Waals surface area contributed by atoms with Gasteiger partial charge >= 0.3 is 12.0 Å². The van der Waals surface area contributed by atoms with Crippen LogP contribution in [0, 0.1) is 11.6 Å². The molecule has 2 amide bonds. The number of hydrogen-bond donors (Lipinski definition) is 2. The first-order chi connectivity index (χ1) is 9.49. The maximum atomic E-state index is 13.0. The van der Waals surface area contributed by atoms with Crippen molar-refractivity contribution >= 4 is 12.0 Å². The lowest BCUT2D eigenvalue weighted by molar-refractivity contribution is -0.141. The van der Waals surface area contributed by atoms with Gasteiger partial charge in [-0.3, -0.25) is 0 Å². The standard InChI is InChI=1S/C13H14F2N2O3/c14-9-4-3-8(6-10(9)15)7-16-13(20)17-5-1-2-11(17)12(18)19/h3-4,6,11H,1-2,5,7H2,(H,16,20)(H,18,19). The highest BCUT2D eigenvalue weighted by molar-refractivity contribution is 5.83. The van der Waals surface area contributed by atoms with Crippen molar-refractivity contribution in [2.75, 3.05) is 6.54 Å². The average molecular weight is 284 g/mol. The molecule has 1 aromatic carbocycles. The van der Waals surface area contributed by atoms with Crippen LogP contribution in [0.1, 0.15) is 18.4 Å². The van der Waals surface area contributed by atoms with Gasteiger partial charge in [-0.2, -0.15) is 0 Å². The van der Waals surface area contributed by atoms with Gasteiger partial charge in [-0.1, -0.05) is 6.07 Å². The molecule has 1 heterocycles. The Morgan fingerprint density at radius 1 is 1.35 bits per heavy atom.